The highest BCUT2D eigenvalue weighted by molar-refractivity contribution is 5.95. The highest BCUT2D eigenvalue weighted by Gasteiger charge is 2.13. The fourth-order valence-corrected chi connectivity index (χ4v) is 2.11. The number of nitrogens with one attached hydrogen (secondary N) is 2. The third-order valence-electron chi connectivity index (χ3n) is 3.52. The summed E-state index contributed by atoms with van der Waals surface area (Å²) in [7, 11) is 1.50. The second kappa shape index (κ2) is 12.4. The number of allylic oxidation sites excluding steroid dienone is 1. The molecule has 28 heavy (non-hydrogen) atoms. The molecule has 0 unspecified atom stereocenters. The van der Waals surface area contributed by atoms with Gasteiger partial charge in [-0.15, -0.1) is 0 Å². The maximum absolute atomic E-state index is 11.7. The summed E-state index contributed by atoms with van der Waals surface area (Å²) in [6.07, 6.45) is 4.59. The topological polar surface area (TPSA) is 103 Å². The number of hydrogen-bond donors (Lipinski definition) is 2. The van der Waals surface area contributed by atoms with Gasteiger partial charge in [0.15, 0.2) is 24.7 Å². The molecule has 154 valence electrons. The number of ether oxygens (including phenoxy) is 3. The van der Waals surface area contributed by atoms with E-state index in [9.17, 15) is 14.4 Å². The van der Waals surface area contributed by atoms with Crippen molar-refractivity contribution in [1.29, 1.82) is 0 Å². The molecule has 0 fully saturated rings. The fraction of sp³-hybridized carbons (Fsp3) is 0.450. The number of methoxy groups -OCH3 is 1. The molecule has 0 radical (unpaired) electrons. The molecular weight excluding hydrogens is 364 g/mol. The number of rotatable bonds is 10. The van der Waals surface area contributed by atoms with Crippen LogP contribution in [-0.2, 0) is 14.3 Å². The van der Waals surface area contributed by atoms with Crippen LogP contribution in [0.15, 0.2) is 24.3 Å². The molecule has 2 N–H and O–H groups in total. The van der Waals surface area contributed by atoms with Crippen molar-refractivity contribution in [3.8, 4) is 11.5 Å². The van der Waals surface area contributed by atoms with E-state index in [1.54, 1.807) is 12.1 Å². The van der Waals surface area contributed by atoms with Gasteiger partial charge in [0.05, 0.1) is 7.11 Å². The van der Waals surface area contributed by atoms with Crippen LogP contribution in [0, 0.1) is 5.92 Å². The molecule has 8 heteroatoms. The highest BCUT2D eigenvalue weighted by Crippen LogP contribution is 2.28. The molecule has 1 aromatic rings. The molecule has 0 saturated heterocycles. The van der Waals surface area contributed by atoms with Crippen LogP contribution in [0.3, 0.4) is 0 Å². The Morgan fingerprint density at radius 3 is 2.54 bits per heavy atom. The molecule has 8 nitrogen and oxygen atoms in total. The lowest BCUT2D eigenvalue weighted by atomic mass is 10.1. The summed E-state index contributed by atoms with van der Waals surface area (Å²) < 4.78 is 15.4. The van der Waals surface area contributed by atoms with Crippen LogP contribution in [0.1, 0.15) is 32.8 Å². The number of esters is 1. The first-order chi connectivity index (χ1) is 13.3. The number of benzene rings is 1. The van der Waals surface area contributed by atoms with Crippen molar-refractivity contribution in [2.75, 3.05) is 26.9 Å². The number of carbonyl (C=O) groups excluding carboxylic acids is 3. The molecule has 0 aliphatic rings. The summed E-state index contributed by atoms with van der Waals surface area (Å²) in [5.74, 6) is -0.172. The van der Waals surface area contributed by atoms with Gasteiger partial charge in [0, 0.05) is 6.54 Å². The van der Waals surface area contributed by atoms with Crippen LogP contribution >= 0.6 is 0 Å². The van der Waals surface area contributed by atoms with Crippen LogP contribution in [-0.4, -0.2) is 44.8 Å². The third-order valence-corrected chi connectivity index (χ3v) is 3.52. The van der Waals surface area contributed by atoms with Gasteiger partial charge >= 0.3 is 12.0 Å². The van der Waals surface area contributed by atoms with Gasteiger partial charge in [-0.2, -0.15) is 0 Å². The van der Waals surface area contributed by atoms with E-state index < -0.39 is 31.1 Å². The van der Waals surface area contributed by atoms with Crippen molar-refractivity contribution in [3.05, 3.63) is 29.8 Å². The Bertz CT molecular complexity index is 700. The lowest BCUT2D eigenvalue weighted by Crippen LogP contribution is -2.42. The standard InChI is InChI=1S/C20H28N2O6/c1-5-6-15-7-8-16(17(11-15)26-4)27-13-19(24)28-12-18(23)22-20(25)21-10-9-14(2)3/h5-8,11,14H,9-10,12-13H2,1-4H3,(H2,21,22,23,25)/b6-5+. The monoisotopic (exact) mass is 392 g/mol. The van der Waals surface area contributed by atoms with E-state index in [0.717, 1.165) is 12.0 Å². The zero-order valence-electron chi connectivity index (χ0n) is 16.7. The van der Waals surface area contributed by atoms with Crippen molar-refractivity contribution < 1.29 is 28.6 Å². The second-order valence-electron chi connectivity index (χ2n) is 6.35. The van der Waals surface area contributed by atoms with E-state index in [1.165, 1.54) is 7.11 Å². The number of hydrogen-bond acceptors (Lipinski definition) is 6. The van der Waals surface area contributed by atoms with Gasteiger partial charge < -0.3 is 19.5 Å². The molecule has 0 aromatic heterocycles. The average molecular weight is 392 g/mol. The van der Waals surface area contributed by atoms with Crippen LogP contribution < -0.4 is 20.1 Å². The van der Waals surface area contributed by atoms with Gasteiger partial charge in [0.1, 0.15) is 0 Å². The van der Waals surface area contributed by atoms with E-state index in [1.807, 2.05) is 39.0 Å². The second-order valence-corrected chi connectivity index (χ2v) is 6.35. The lowest BCUT2D eigenvalue weighted by Gasteiger charge is -2.11. The number of imide groups is 1. The average Bonchev–Trinajstić information content (AvgIpc) is 2.65. The maximum Gasteiger partial charge on any atom is 0.344 e. The predicted octanol–water partition coefficient (Wildman–Crippen LogP) is 2.52. The summed E-state index contributed by atoms with van der Waals surface area (Å²) in [5.41, 5.74) is 0.928. The Kier molecular flexibility index (Phi) is 10.2. The quantitative estimate of drug-likeness (QED) is 0.593. The Hall–Kier alpha value is -3.03. The van der Waals surface area contributed by atoms with Gasteiger partial charge in [0.25, 0.3) is 5.91 Å². The largest absolute Gasteiger partial charge is 0.493 e. The van der Waals surface area contributed by atoms with Crippen molar-refractivity contribution >= 4 is 24.0 Å². The van der Waals surface area contributed by atoms with Gasteiger partial charge in [-0.3, -0.25) is 10.1 Å². The molecule has 3 amide bonds. The molecule has 0 spiro atoms. The summed E-state index contributed by atoms with van der Waals surface area (Å²) in [4.78, 5) is 34.9. The SMILES string of the molecule is C/C=C/c1ccc(OCC(=O)OCC(=O)NC(=O)NCCC(C)C)c(OC)c1. The van der Waals surface area contributed by atoms with Gasteiger partial charge in [-0.1, -0.05) is 32.1 Å². The Labute approximate surface area is 165 Å². The normalized spacial score (nSPS) is 10.6. The summed E-state index contributed by atoms with van der Waals surface area (Å²) >= 11 is 0. The van der Waals surface area contributed by atoms with Crippen LogP contribution in [0.25, 0.3) is 6.08 Å². The minimum atomic E-state index is -0.741. The Morgan fingerprint density at radius 2 is 1.89 bits per heavy atom. The van der Waals surface area contributed by atoms with Crippen molar-refractivity contribution in [2.24, 2.45) is 5.92 Å². The van der Waals surface area contributed by atoms with Gasteiger partial charge in [-0.05, 0) is 37.0 Å². The maximum atomic E-state index is 11.7. The minimum Gasteiger partial charge on any atom is -0.493 e. The first-order valence-corrected chi connectivity index (χ1v) is 9.02. The van der Waals surface area contributed by atoms with Crippen LogP contribution in [0.5, 0.6) is 11.5 Å². The smallest absolute Gasteiger partial charge is 0.344 e. The number of urea groups is 1. The predicted molar refractivity (Wildman–Crippen MR) is 105 cm³/mol. The van der Waals surface area contributed by atoms with Crippen molar-refractivity contribution in [2.45, 2.75) is 27.2 Å². The van der Waals surface area contributed by atoms with E-state index in [4.69, 9.17) is 14.2 Å². The molecule has 0 saturated carbocycles. The van der Waals surface area contributed by atoms with Crippen LogP contribution in [0.2, 0.25) is 0 Å². The first kappa shape index (κ1) is 23.0. The highest BCUT2D eigenvalue weighted by atomic mass is 16.6. The van der Waals surface area contributed by atoms with E-state index in [2.05, 4.69) is 10.6 Å². The summed E-state index contributed by atoms with van der Waals surface area (Å²) in [5, 5.41) is 4.64. The van der Waals surface area contributed by atoms with Crippen LogP contribution in [0.4, 0.5) is 4.79 Å². The Balaban J connectivity index is 2.37. The lowest BCUT2D eigenvalue weighted by molar-refractivity contribution is -0.150. The molecule has 1 aromatic carbocycles. The summed E-state index contributed by atoms with van der Waals surface area (Å²) in [6, 6.07) is 4.64. The fourth-order valence-electron chi connectivity index (χ4n) is 2.11. The number of carbonyl (C=O) groups is 3. The molecule has 0 atom stereocenters. The zero-order chi connectivity index (χ0) is 20.9. The molecular formula is C20H28N2O6. The molecule has 0 aliphatic heterocycles. The number of amides is 3. The van der Waals surface area contributed by atoms with Crippen molar-refractivity contribution in [3.63, 3.8) is 0 Å². The van der Waals surface area contributed by atoms with E-state index in [-0.39, 0.29) is 0 Å². The summed E-state index contributed by atoms with van der Waals surface area (Å²) in [6.45, 7) is 5.44. The molecule has 1 rings (SSSR count). The van der Waals surface area contributed by atoms with E-state index >= 15 is 0 Å². The Morgan fingerprint density at radius 1 is 1.14 bits per heavy atom. The first-order valence-electron chi connectivity index (χ1n) is 9.02. The van der Waals surface area contributed by atoms with Crippen molar-refractivity contribution in [1.82, 2.24) is 10.6 Å². The zero-order valence-corrected chi connectivity index (χ0v) is 16.7. The molecule has 0 bridgehead atoms. The van der Waals surface area contributed by atoms with E-state index in [0.29, 0.717) is 24.0 Å². The third kappa shape index (κ3) is 9.07. The van der Waals surface area contributed by atoms with Gasteiger partial charge in [-0.25, -0.2) is 9.59 Å². The van der Waals surface area contributed by atoms with Gasteiger partial charge in [0.2, 0.25) is 0 Å². The minimum absolute atomic E-state index is 0.377. The molecule has 0 aliphatic carbocycles. The molecule has 0 heterocycles.